The summed E-state index contributed by atoms with van der Waals surface area (Å²) in [6.07, 6.45) is 4.07. The van der Waals surface area contributed by atoms with Crippen molar-refractivity contribution in [2.24, 2.45) is 0 Å². The highest BCUT2D eigenvalue weighted by Gasteiger charge is 2.53. The summed E-state index contributed by atoms with van der Waals surface area (Å²) in [5, 5.41) is 10.7. The highest BCUT2D eigenvalue weighted by Crippen LogP contribution is 2.49. The first kappa shape index (κ1) is 14.8. The van der Waals surface area contributed by atoms with E-state index in [1.165, 1.54) is 7.11 Å². The molecular formula is C19H17NO4. The average Bonchev–Trinajstić information content (AvgIpc) is 2.99. The fourth-order valence-electron chi connectivity index (χ4n) is 3.72. The molecule has 1 N–H and O–H groups in total. The first-order valence-corrected chi connectivity index (χ1v) is 7.94. The van der Waals surface area contributed by atoms with Gasteiger partial charge in [0.25, 0.3) is 0 Å². The molecule has 0 atom stereocenters. The fraction of sp³-hybridized carbons (Fsp3) is 0.263. The quantitative estimate of drug-likeness (QED) is 0.681. The number of esters is 1. The monoisotopic (exact) mass is 323 g/mol. The van der Waals surface area contributed by atoms with Crippen LogP contribution in [0, 0.1) is 0 Å². The third-order valence-electron chi connectivity index (χ3n) is 5.11. The molecule has 0 bridgehead atoms. The Morgan fingerprint density at radius 2 is 1.92 bits per heavy atom. The summed E-state index contributed by atoms with van der Waals surface area (Å²) in [5.74, 6) is -1.43. The van der Waals surface area contributed by atoms with Gasteiger partial charge in [0, 0.05) is 11.8 Å². The van der Waals surface area contributed by atoms with Crippen LogP contribution < -0.4 is 0 Å². The molecule has 0 amide bonds. The van der Waals surface area contributed by atoms with Crippen LogP contribution in [0.2, 0.25) is 0 Å². The molecule has 122 valence electrons. The number of benzene rings is 1. The van der Waals surface area contributed by atoms with Crippen LogP contribution in [-0.4, -0.2) is 28.5 Å². The number of fused-ring (bicyclic) bond motifs is 2. The lowest BCUT2D eigenvalue weighted by Gasteiger charge is -2.45. The summed E-state index contributed by atoms with van der Waals surface area (Å²) in [6, 6.07) is 11.5. The summed E-state index contributed by atoms with van der Waals surface area (Å²) in [5.41, 5.74) is 1.23. The highest BCUT2D eigenvalue weighted by atomic mass is 16.5. The van der Waals surface area contributed by atoms with Crippen molar-refractivity contribution < 1.29 is 19.4 Å². The van der Waals surface area contributed by atoms with E-state index in [9.17, 15) is 14.7 Å². The zero-order valence-electron chi connectivity index (χ0n) is 13.3. The maximum absolute atomic E-state index is 12.9. The van der Waals surface area contributed by atoms with Crippen molar-refractivity contribution in [1.29, 1.82) is 0 Å². The smallest absolute Gasteiger partial charge is 0.345 e. The highest BCUT2D eigenvalue weighted by molar-refractivity contribution is 6.26. The topological polar surface area (TPSA) is 68.5 Å². The Balaban J connectivity index is 2.00. The van der Waals surface area contributed by atoms with Crippen molar-refractivity contribution in [3.8, 4) is 11.1 Å². The van der Waals surface area contributed by atoms with Crippen LogP contribution in [0.1, 0.15) is 25.0 Å². The minimum absolute atomic E-state index is 0.236. The third kappa shape index (κ3) is 1.75. The van der Waals surface area contributed by atoms with Crippen LogP contribution in [0.3, 0.4) is 0 Å². The largest absolute Gasteiger partial charge is 0.505 e. The Labute approximate surface area is 139 Å². The lowest BCUT2D eigenvalue weighted by Crippen LogP contribution is -2.52. The molecular weight excluding hydrogens is 306 g/mol. The minimum atomic E-state index is -0.782. The Morgan fingerprint density at radius 3 is 2.50 bits per heavy atom. The van der Waals surface area contributed by atoms with E-state index in [-0.39, 0.29) is 17.1 Å². The zero-order chi connectivity index (χ0) is 16.9. The normalized spacial score (nSPS) is 18.3. The summed E-state index contributed by atoms with van der Waals surface area (Å²) < 4.78 is 6.58. The number of Topliss-reactive ketones (excluding diaryl/α,β-unsaturated/α-hetero) is 1. The van der Waals surface area contributed by atoms with Gasteiger partial charge < -0.3 is 14.4 Å². The summed E-state index contributed by atoms with van der Waals surface area (Å²) in [7, 11) is 1.22. The first-order valence-electron chi connectivity index (χ1n) is 7.94. The van der Waals surface area contributed by atoms with Crippen molar-refractivity contribution >= 4 is 17.5 Å². The first-order chi connectivity index (χ1) is 11.6. The van der Waals surface area contributed by atoms with Gasteiger partial charge in [-0.1, -0.05) is 30.3 Å². The van der Waals surface area contributed by atoms with Crippen LogP contribution >= 0.6 is 0 Å². The van der Waals surface area contributed by atoms with Gasteiger partial charge in [-0.25, -0.2) is 4.79 Å². The van der Waals surface area contributed by atoms with E-state index in [2.05, 4.69) is 0 Å². The lowest BCUT2D eigenvalue weighted by molar-refractivity contribution is -0.140. The minimum Gasteiger partial charge on any atom is -0.505 e. The number of aromatic nitrogens is 1. The second-order valence-electron chi connectivity index (χ2n) is 6.24. The number of ether oxygens (including phenoxy) is 1. The molecule has 1 saturated carbocycles. The number of methoxy groups -OCH3 is 1. The van der Waals surface area contributed by atoms with E-state index in [0.29, 0.717) is 18.5 Å². The molecule has 4 rings (SSSR count). The molecule has 1 aliphatic carbocycles. The molecule has 1 aromatic carbocycles. The number of hydrogen-bond acceptors (Lipinski definition) is 4. The number of ketones is 1. The van der Waals surface area contributed by atoms with Crippen molar-refractivity contribution in [3.63, 3.8) is 0 Å². The molecule has 2 aliphatic rings. The molecule has 0 unspecified atom stereocenters. The number of carbonyl (C=O) groups is 2. The Hall–Kier alpha value is -2.82. The van der Waals surface area contributed by atoms with Crippen molar-refractivity contribution in [2.45, 2.75) is 24.8 Å². The molecule has 1 fully saturated rings. The summed E-state index contributed by atoms with van der Waals surface area (Å²) in [4.78, 5) is 25.0. The Morgan fingerprint density at radius 1 is 1.21 bits per heavy atom. The molecule has 1 aromatic heterocycles. The number of aliphatic hydroxyl groups excluding tert-OH is 1. The van der Waals surface area contributed by atoms with E-state index < -0.39 is 11.5 Å². The van der Waals surface area contributed by atoms with Crippen LogP contribution in [-0.2, 0) is 19.9 Å². The van der Waals surface area contributed by atoms with Crippen molar-refractivity contribution in [1.82, 2.24) is 4.57 Å². The van der Waals surface area contributed by atoms with E-state index >= 15 is 0 Å². The van der Waals surface area contributed by atoms with Gasteiger partial charge in [-0.3, -0.25) is 4.79 Å². The van der Waals surface area contributed by atoms with Gasteiger partial charge in [0.15, 0.2) is 11.5 Å². The molecule has 1 spiro atoms. The van der Waals surface area contributed by atoms with Gasteiger partial charge in [0.1, 0.15) is 11.1 Å². The number of nitrogens with zero attached hydrogens (tertiary/aromatic N) is 1. The number of carbonyl (C=O) groups excluding carboxylic acids is 2. The molecule has 1 aliphatic heterocycles. The molecule has 24 heavy (non-hydrogen) atoms. The van der Waals surface area contributed by atoms with Gasteiger partial charge in [0.05, 0.1) is 12.8 Å². The predicted molar refractivity (Wildman–Crippen MR) is 88.3 cm³/mol. The number of hydrogen-bond donors (Lipinski definition) is 1. The van der Waals surface area contributed by atoms with Gasteiger partial charge in [-0.2, -0.15) is 0 Å². The average molecular weight is 323 g/mol. The van der Waals surface area contributed by atoms with E-state index in [1.54, 1.807) is 0 Å². The fourth-order valence-corrected chi connectivity index (χ4v) is 3.72. The van der Waals surface area contributed by atoms with E-state index in [0.717, 1.165) is 17.5 Å². The summed E-state index contributed by atoms with van der Waals surface area (Å²) >= 11 is 0. The van der Waals surface area contributed by atoms with Crippen LogP contribution in [0.15, 0.2) is 48.2 Å². The SMILES string of the molecule is COC(=O)C1=C(O)c2c(-c3ccccc3)ccn2C2(CCC2)C1=O. The van der Waals surface area contributed by atoms with E-state index in [1.807, 2.05) is 47.2 Å². The van der Waals surface area contributed by atoms with Crippen LogP contribution in [0.5, 0.6) is 0 Å². The zero-order valence-corrected chi connectivity index (χ0v) is 13.3. The van der Waals surface area contributed by atoms with Gasteiger partial charge in [-0.15, -0.1) is 0 Å². The maximum Gasteiger partial charge on any atom is 0.345 e. The van der Waals surface area contributed by atoms with Gasteiger partial charge in [-0.05, 0) is 30.9 Å². The van der Waals surface area contributed by atoms with Crippen LogP contribution in [0.4, 0.5) is 0 Å². The number of aliphatic hydroxyl groups is 1. The standard InChI is InChI=1S/C19H17NO4/c1-24-18(23)14-16(21)15-13(12-6-3-2-4-7-12)8-11-20(15)19(17(14)22)9-5-10-19/h2-4,6-8,11,21H,5,9-10H2,1H3. The van der Waals surface area contributed by atoms with Gasteiger partial charge >= 0.3 is 5.97 Å². The molecule has 0 saturated heterocycles. The Bertz CT molecular complexity index is 872. The molecule has 5 heteroatoms. The molecule has 5 nitrogen and oxygen atoms in total. The van der Waals surface area contributed by atoms with Gasteiger partial charge in [0.2, 0.25) is 0 Å². The molecule has 0 radical (unpaired) electrons. The number of rotatable bonds is 2. The molecule has 2 aromatic rings. The predicted octanol–water partition coefficient (Wildman–Crippen LogP) is 3.06. The van der Waals surface area contributed by atoms with Crippen LogP contribution in [0.25, 0.3) is 16.9 Å². The molecule has 2 heterocycles. The Kier molecular flexibility index (Phi) is 3.13. The van der Waals surface area contributed by atoms with Crippen molar-refractivity contribution in [2.75, 3.05) is 7.11 Å². The second-order valence-corrected chi connectivity index (χ2v) is 6.24. The maximum atomic E-state index is 12.9. The summed E-state index contributed by atoms with van der Waals surface area (Å²) in [6.45, 7) is 0. The van der Waals surface area contributed by atoms with Crippen molar-refractivity contribution in [3.05, 3.63) is 53.9 Å². The van der Waals surface area contributed by atoms with E-state index in [4.69, 9.17) is 4.74 Å². The lowest BCUT2D eigenvalue weighted by atomic mass is 9.69. The second kappa shape index (κ2) is 5.09. The third-order valence-corrected chi connectivity index (χ3v) is 5.11.